The minimum absolute atomic E-state index is 0.105. The van der Waals surface area contributed by atoms with Gasteiger partial charge in [-0.15, -0.1) is 13.2 Å². The van der Waals surface area contributed by atoms with Crippen molar-refractivity contribution in [2.75, 3.05) is 15.9 Å². The molecular formula is C17H16F4N2O4S. The van der Waals surface area contributed by atoms with E-state index in [4.69, 9.17) is 0 Å². The van der Waals surface area contributed by atoms with Crippen LogP contribution < -0.4 is 14.4 Å². The maximum absolute atomic E-state index is 14.1. The molecule has 0 spiro atoms. The molecule has 0 aliphatic heterocycles. The molecule has 0 aromatic heterocycles. The zero-order chi connectivity index (χ0) is 21.1. The molecule has 0 unspecified atom stereocenters. The number of hydrogen-bond acceptors (Lipinski definition) is 4. The molecule has 28 heavy (non-hydrogen) atoms. The summed E-state index contributed by atoms with van der Waals surface area (Å²) < 4.78 is 79.1. The van der Waals surface area contributed by atoms with Gasteiger partial charge in [0.1, 0.15) is 17.6 Å². The Morgan fingerprint density at radius 1 is 1.11 bits per heavy atom. The molecular weight excluding hydrogens is 404 g/mol. The van der Waals surface area contributed by atoms with E-state index in [2.05, 4.69) is 10.1 Å². The number of hydrogen-bond donors (Lipinski definition) is 1. The monoisotopic (exact) mass is 420 g/mol. The summed E-state index contributed by atoms with van der Waals surface area (Å²) in [6.45, 7) is 1.25. The largest absolute Gasteiger partial charge is 0.573 e. The van der Waals surface area contributed by atoms with Crippen molar-refractivity contribution < 1.29 is 35.5 Å². The molecule has 0 saturated carbocycles. The number of nitrogens with one attached hydrogen (secondary N) is 1. The summed E-state index contributed by atoms with van der Waals surface area (Å²) >= 11 is 0. The number of carbonyl (C=O) groups is 1. The average molecular weight is 420 g/mol. The molecule has 0 saturated heterocycles. The lowest BCUT2D eigenvalue weighted by molar-refractivity contribution is -0.274. The van der Waals surface area contributed by atoms with Gasteiger partial charge in [0.05, 0.1) is 11.9 Å². The van der Waals surface area contributed by atoms with Crippen molar-refractivity contribution in [3.8, 4) is 5.75 Å². The van der Waals surface area contributed by atoms with Gasteiger partial charge in [0, 0.05) is 5.69 Å². The number of anilines is 2. The number of rotatable bonds is 6. The second-order valence-corrected chi connectivity index (χ2v) is 7.61. The number of sulfonamides is 1. The highest BCUT2D eigenvalue weighted by Gasteiger charge is 2.32. The Labute approximate surface area is 158 Å². The predicted octanol–water partition coefficient (Wildman–Crippen LogP) is 3.52. The fraction of sp³-hybridized carbons (Fsp3) is 0.235. The van der Waals surface area contributed by atoms with Crippen LogP contribution in [-0.4, -0.2) is 33.0 Å². The van der Waals surface area contributed by atoms with Crippen LogP contribution in [0.1, 0.15) is 6.92 Å². The SMILES string of the molecule is C[C@H](C(=O)Nc1ccc(OC(F)(F)F)cc1)N(c1ccccc1F)S(C)(=O)=O. The lowest BCUT2D eigenvalue weighted by Gasteiger charge is -2.28. The van der Waals surface area contributed by atoms with Crippen LogP contribution in [0.25, 0.3) is 0 Å². The summed E-state index contributed by atoms with van der Waals surface area (Å²) in [6.07, 6.45) is -4.03. The van der Waals surface area contributed by atoms with Crippen molar-refractivity contribution in [3.63, 3.8) is 0 Å². The van der Waals surface area contributed by atoms with Crippen LogP contribution in [0.2, 0.25) is 0 Å². The number of benzene rings is 2. The predicted molar refractivity (Wildman–Crippen MR) is 94.9 cm³/mol. The zero-order valence-corrected chi connectivity index (χ0v) is 15.5. The second-order valence-electron chi connectivity index (χ2n) is 5.75. The molecule has 1 amide bonds. The number of alkyl halides is 3. The third-order valence-electron chi connectivity index (χ3n) is 3.53. The number of ether oxygens (including phenoxy) is 1. The summed E-state index contributed by atoms with van der Waals surface area (Å²) in [6, 6.07) is 7.99. The first-order valence-electron chi connectivity index (χ1n) is 7.79. The highest BCUT2D eigenvalue weighted by atomic mass is 32.2. The van der Waals surface area contributed by atoms with Gasteiger partial charge in [0.2, 0.25) is 15.9 Å². The van der Waals surface area contributed by atoms with Gasteiger partial charge in [0.15, 0.2) is 0 Å². The van der Waals surface area contributed by atoms with Crippen LogP contribution in [-0.2, 0) is 14.8 Å². The third-order valence-corrected chi connectivity index (χ3v) is 4.76. The standard InChI is InChI=1S/C17H16F4N2O4S/c1-11(23(28(2,25)26)15-6-4-3-5-14(15)18)16(24)22-12-7-9-13(10-8-12)27-17(19,20)21/h3-11H,1-2H3,(H,22,24)/t11-/m1/s1. The minimum atomic E-state index is -4.85. The van der Waals surface area contributed by atoms with E-state index in [9.17, 15) is 30.8 Å². The van der Waals surface area contributed by atoms with E-state index in [0.717, 1.165) is 36.6 Å². The number of amides is 1. The van der Waals surface area contributed by atoms with Crippen LogP contribution >= 0.6 is 0 Å². The molecule has 0 fully saturated rings. The Bertz CT molecular complexity index is 946. The molecule has 1 N–H and O–H groups in total. The van der Waals surface area contributed by atoms with E-state index in [0.29, 0.717) is 4.31 Å². The van der Waals surface area contributed by atoms with Crippen LogP contribution in [0.5, 0.6) is 5.75 Å². The maximum atomic E-state index is 14.1. The van der Waals surface area contributed by atoms with Crippen LogP contribution in [0.3, 0.4) is 0 Å². The molecule has 152 valence electrons. The van der Waals surface area contributed by atoms with E-state index >= 15 is 0 Å². The van der Waals surface area contributed by atoms with Crippen LogP contribution in [0.15, 0.2) is 48.5 Å². The first-order chi connectivity index (χ1) is 12.9. The molecule has 0 aliphatic rings. The summed E-state index contributed by atoms with van der Waals surface area (Å²) in [5.41, 5.74) is -0.199. The van der Waals surface area contributed by atoms with Crippen molar-refractivity contribution in [2.24, 2.45) is 0 Å². The van der Waals surface area contributed by atoms with Gasteiger partial charge in [0.25, 0.3) is 0 Å². The third kappa shape index (κ3) is 5.59. The molecule has 1 atom stereocenters. The van der Waals surface area contributed by atoms with Crippen LogP contribution in [0.4, 0.5) is 28.9 Å². The molecule has 11 heteroatoms. The van der Waals surface area contributed by atoms with Gasteiger partial charge < -0.3 is 10.1 Å². The lowest BCUT2D eigenvalue weighted by Crippen LogP contribution is -2.45. The molecule has 2 aromatic carbocycles. The topological polar surface area (TPSA) is 75.7 Å². The van der Waals surface area contributed by atoms with Gasteiger partial charge in [-0.25, -0.2) is 12.8 Å². The van der Waals surface area contributed by atoms with E-state index in [-0.39, 0.29) is 11.4 Å². The Morgan fingerprint density at radius 2 is 1.68 bits per heavy atom. The van der Waals surface area contributed by atoms with E-state index in [1.807, 2.05) is 0 Å². The number of halogens is 4. The summed E-state index contributed by atoms with van der Waals surface area (Å²) in [7, 11) is -4.02. The van der Waals surface area contributed by atoms with Crippen molar-refractivity contribution in [3.05, 3.63) is 54.3 Å². The van der Waals surface area contributed by atoms with Gasteiger partial charge in [-0.2, -0.15) is 0 Å². The second kappa shape index (κ2) is 8.05. The van der Waals surface area contributed by atoms with Crippen molar-refractivity contribution >= 4 is 27.3 Å². The van der Waals surface area contributed by atoms with Crippen molar-refractivity contribution in [1.29, 1.82) is 0 Å². The summed E-state index contributed by atoms with van der Waals surface area (Å²) in [5, 5.41) is 2.37. The quantitative estimate of drug-likeness (QED) is 0.726. The Balaban J connectivity index is 2.21. The fourth-order valence-corrected chi connectivity index (χ4v) is 3.57. The van der Waals surface area contributed by atoms with Gasteiger partial charge >= 0.3 is 6.36 Å². The molecule has 6 nitrogen and oxygen atoms in total. The summed E-state index contributed by atoms with van der Waals surface area (Å²) in [4.78, 5) is 12.4. The first kappa shape index (κ1) is 21.5. The van der Waals surface area contributed by atoms with Crippen molar-refractivity contribution in [2.45, 2.75) is 19.3 Å². The van der Waals surface area contributed by atoms with E-state index in [1.165, 1.54) is 25.1 Å². The number of para-hydroxylation sites is 1. The van der Waals surface area contributed by atoms with Gasteiger partial charge in [-0.1, -0.05) is 12.1 Å². The van der Waals surface area contributed by atoms with E-state index < -0.39 is 39.9 Å². The lowest BCUT2D eigenvalue weighted by atomic mass is 10.2. The van der Waals surface area contributed by atoms with E-state index in [1.54, 1.807) is 0 Å². The Kier molecular flexibility index (Phi) is 6.17. The molecule has 0 heterocycles. The molecule has 2 rings (SSSR count). The molecule has 0 aliphatic carbocycles. The highest BCUT2D eigenvalue weighted by molar-refractivity contribution is 7.92. The Morgan fingerprint density at radius 3 is 2.18 bits per heavy atom. The smallest absolute Gasteiger partial charge is 0.406 e. The van der Waals surface area contributed by atoms with Gasteiger partial charge in [-0.3, -0.25) is 9.10 Å². The number of nitrogens with zero attached hydrogens (tertiary/aromatic N) is 1. The van der Waals surface area contributed by atoms with Crippen LogP contribution in [0, 0.1) is 5.82 Å². The van der Waals surface area contributed by atoms with Crippen molar-refractivity contribution in [1.82, 2.24) is 0 Å². The normalized spacial score (nSPS) is 12.9. The number of carbonyl (C=O) groups excluding carboxylic acids is 1. The zero-order valence-electron chi connectivity index (χ0n) is 14.7. The average Bonchev–Trinajstić information content (AvgIpc) is 2.56. The molecule has 0 radical (unpaired) electrons. The fourth-order valence-electron chi connectivity index (χ4n) is 2.40. The maximum Gasteiger partial charge on any atom is 0.573 e. The molecule has 2 aromatic rings. The minimum Gasteiger partial charge on any atom is -0.406 e. The summed E-state index contributed by atoms with van der Waals surface area (Å²) in [5.74, 6) is -2.12. The highest BCUT2D eigenvalue weighted by Crippen LogP contribution is 2.26. The van der Waals surface area contributed by atoms with Gasteiger partial charge in [-0.05, 0) is 43.3 Å². The first-order valence-corrected chi connectivity index (χ1v) is 9.64. The molecule has 0 bridgehead atoms. The Hall–Kier alpha value is -2.82.